The molecule has 0 aliphatic carbocycles. The lowest BCUT2D eigenvalue weighted by molar-refractivity contribution is -0.121. The number of carbonyl (C=O) groups excluding carboxylic acids is 1. The quantitative estimate of drug-likeness (QED) is 0.841. The Morgan fingerprint density at radius 2 is 1.48 bits per heavy atom. The second-order valence-electron chi connectivity index (χ2n) is 7.69. The van der Waals surface area contributed by atoms with Crippen molar-refractivity contribution < 1.29 is 4.79 Å². The van der Waals surface area contributed by atoms with Crippen molar-refractivity contribution in [1.82, 2.24) is 9.80 Å². The van der Waals surface area contributed by atoms with E-state index in [0.29, 0.717) is 0 Å². The first-order valence-corrected chi connectivity index (χ1v) is 10.2. The largest absolute Gasteiger partial charge is 0.324 e. The fraction of sp³-hybridized carbons (Fsp3) is 0.435. The molecule has 0 aromatic heterocycles. The lowest BCUT2D eigenvalue weighted by Crippen LogP contribution is -2.35. The molecule has 2 saturated heterocycles. The summed E-state index contributed by atoms with van der Waals surface area (Å²) in [6.07, 6.45) is 4.89. The number of anilines is 1. The van der Waals surface area contributed by atoms with Gasteiger partial charge in [0.05, 0.1) is 0 Å². The van der Waals surface area contributed by atoms with Gasteiger partial charge in [0.2, 0.25) is 5.91 Å². The van der Waals surface area contributed by atoms with Gasteiger partial charge in [0.25, 0.3) is 0 Å². The number of rotatable bonds is 6. The van der Waals surface area contributed by atoms with Gasteiger partial charge in [-0.05, 0) is 69.1 Å². The number of hydrogen-bond acceptors (Lipinski definition) is 3. The van der Waals surface area contributed by atoms with Crippen molar-refractivity contribution in [3.63, 3.8) is 0 Å². The smallest absolute Gasteiger partial charge is 0.246 e. The minimum atomic E-state index is -0.214. The van der Waals surface area contributed by atoms with Gasteiger partial charge in [-0.3, -0.25) is 14.6 Å². The summed E-state index contributed by atoms with van der Waals surface area (Å²) in [5.74, 6) is 0.0805. The highest BCUT2D eigenvalue weighted by atomic mass is 16.2. The molecule has 2 fully saturated rings. The predicted octanol–water partition coefficient (Wildman–Crippen LogP) is 4.06. The molecule has 1 unspecified atom stereocenters. The predicted molar refractivity (Wildman–Crippen MR) is 110 cm³/mol. The van der Waals surface area contributed by atoms with Gasteiger partial charge in [-0.2, -0.15) is 0 Å². The summed E-state index contributed by atoms with van der Waals surface area (Å²) in [6, 6.07) is 18.2. The molecule has 0 bridgehead atoms. The van der Waals surface area contributed by atoms with E-state index in [-0.39, 0.29) is 11.9 Å². The minimum absolute atomic E-state index is 0.0805. The molecule has 0 radical (unpaired) electrons. The van der Waals surface area contributed by atoms with E-state index in [0.717, 1.165) is 44.0 Å². The van der Waals surface area contributed by atoms with E-state index in [1.807, 2.05) is 30.3 Å². The normalized spacial score (nSPS) is 19.3. The van der Waals surface area contributed by atoms with Crippen LogP contribution in [0.3, 0.4) is 0 Å². The third-order valence-corrected chi connectivity index (χ3v) is 5.74. The van der Waals surface area contributed by atoms with Crippen LogP contribution in [0.15, 0.2) is 54.6 Å². The molecule has 2 aliphatic rings. The summed E-state index contributed by atoms with van der Waals surface area (Å²) in [7, 11) is 0. The molecule has 142 valence electrons. The van der Waals surface area contributed by atoms with Crippen LogP contribution in [-0.4, -0.2) is 41.9 Å². The summed E-state index contributed by atoms with van der Waals surface area (Å²) >= 11 is 0. The highest BCUT2D eigenvalue weighted by Crippen LogP contribution is 2.28. The summed E-state index contributed by atoms with van der Waals surface area (Å²) in [4.78, 5) is 18.1. The second-order valence-corrected chi connectivity index (χ2v) is 7.69. The van der Waals surface area contributed by atoms with Crippen LogP contribution in [0.5, 0.6) is 0 Å². The van der Waals surface area contributed by atoms with Crippen molar-refractivity contribution in [3.8, 4) is 0 Å². The number of likely N-dealkylation sites (tertiary alicyclic amines) is 2. The van der Waals surface area contributed by atoms with E-state index < -0.39 is 0 Å². The van der Waals surface area contributed by atoms with Crippen molar-refractivity contribution in [2.45, 2.75) is 38.3 Å². The maximum absolute atomic E-state index is 13.3. The zero-order chi connectivity index (χ0) is 18.5. The molecule has 4 nitrogen and oxygen atoms in total. The first-order valence-electron chi connectivity index (χ1n) is 10.2. The fourth-order valence-corrected chi connectivity index (χ4v) is 4.33. The van der Waals surface area contributed by atoms with Crippen LogP contribution in [0, 0.1) is 0 Å². The van der Waals surface area contributed by atoms with Crippen LogP contribution < -0.4 is 5.32 Å². The maximum Gasteiger partial charge on any atom is 0.246 e. The Kier molecular flexibility index (Phi) is 5.85. The van der Waals surface area contributed by atoms with Crippen LogP contribution in [0.4, 0.5) is 5.69 Å². The number of benzene rings is 2. The monoisotopic (exact) mass is 363 g/mol. The Morgan fingerprint density at radius 3 is 2.22 bits per heavy atom. The van der Waals surface area contributed by atoms with Crippen molar-refractivity contribution in [3.05, 3.63) is 65.7 Å². The molecule has 1 atom stereocenters. The molecule has 2 heterocycles. The zero-order valence-electron chi connectivity index (χ0n) is 15.9. The van der Waals surface area contributed by atoms with Crippen molar-refractivity contribution in [1.29, 1.82) is 0 Å². The van der Waals surface area contributed by atoms with Gasteiger partial charge in [-0.25, -0.2) is 0 Å². The van der Waals surface area contributed by atoms with Crippen LogP contribution in [-0.2, 0) is 11.3 Å². The van der Waals surface area contributed by atoms with Gasteiger partial charge < -0.3 is 5.32 Å². The standard InChI is InChI=1S/C23H29N3O/c27-23(22(26-16-8-9-17-26)19-10-2-1-3-11-19)24-21-13-5-4-12-20(21)18-25-14-6-7-15-25/h1-5,10-13,22H,6-9,14-18H2,(H,24,27). The van der Waals surface area contributed by atoms with Crippen molar-refractivity contribution in [2.75, 3.05) is 31.5 Å². The third-order valence-electron chi connectivity index (χ3n) is 5.74. The average molecular weight is 364 g/mol. The number of nitrogens with one attached hydrogen (secondary N) is 1. The lowest BCUT2D eigenvalue weighted by atomic mass is 10.0. The van der Waals surface area contributed by atoms with Gasteiger partial charge in [0, 0.05) is 12.2 Å². The number of nitrogens with zero attached hydrogens (tertiary/aromatic N) is 2. The molecule has 0 saturated carbocycles. The molecule has 1 amide bonds. The molecule has 27 heavy (non-hydrogen) atoms. The SMILES string of the molecule is O=C(Nc1ccccc1CN1CCCC1)C(c1ccccc1)N1CCCC1. The Hall–Kier alpha value is -2.17. The molecule has 2 aromatic carbocycles. The summed E-state index contributed by atoms with van der Waals surface area (Å²) in [5, 5.41) is 3.25. The topological polar surface area (TPSA) is 35.6 Å². The lowest BCUT2D eigenvalue weighted by Gasteiger charge is -2.27. The highest BCUT2D eigenvalue weighted by Gasteiger charge is 2.30. The van der Waals surface area contributed by atoms with E-state index in [1.165, 1.54) is 31.2 Å². The Balaban J connectivity index is 1.54. The molecule has 4 rings (SSSR count). The highest BCUT2D eigenvalue weighted by molar-refractivity contribution is 5.96. The molecule has 4 heteroatoms. The van der Waals surface area contributed by atoms with Crippen molar-refractivity contribution in [2.24, 2.45) is 0 Å². The van der Waals surface area contributed by atoms with E-state index in [9.17, 15) is 4.79 Å². The average Bonchev–Trinajstić information content (AvgIpc) is 3.39. The van der Waals surface area contributed by atoms with E-state index in [2.05, 4.69) is 39.4 Å². The van der Waals surface area contributed by atoms with Gasteiger partial charge in [0.1, 0.15) is 6.04 Å². The van der Waals surface area contributed by atoms with Crippen LogP contribution in [0.2, 0.25) is 0 Å². The van der Waals surface area contributed by atoms with Gasteiger partial charge in [0.15, 0.2) is 0 Å². The van der Waals surface area contributed by atoms with E-state index in [4.69, 9.17) is 0 Å². The van der Waals surface area contributed by atoms with Crippen molar-refractivity contribution >= 4 is 11.6 Å². The Labute approximate surface area is 162 Å². The Morgan fingerprint density at radius 1 is 0.852 bits per heavy atom. The van der Waals surface area contributed by atoms with Gasteiger partial charge in [-0.1, -0.05) is 48.5 Å². The van der Waals surface area contributed by atoms with E-state index >= 15 is 0 Å². The fourth-order valence-electron chi connectivity index (χ4n) is 4.33. The Bertz CT molecular complexity index is 749. The molecule has 2 aromatic rings. The van der Waals surface area contributed by atoms with Crippen LogP contribution in [0.25, 0.3) is 0 Å². The minimum Gasteiger partial charge on any atom is -0.324 e. The van der Waals surface area contributed by atoms with Gasteiger partial charge >= 0.3 is 0 Å². The number of hydrogen-bond donors (Lipinski definition) is 1. The number of amides is 1. The first-order chi connectivity index (χ1) is 13.3. The molecule has 0 spiro atoms. The van der Waals surface area contributed by atoms with Gasteiger partial charge in [-0.15, -0.1) is 0 Å². The summed E-state index contributed by atoms with van der Waals surface area (Å²) in [6.45, 7) is 5.20. The molecule has 1 N–H and O–H groups in total. The first kappa shape index (κ1) is 18.2. The second kappa shape index (κ2) is 8.68. The molecular weight excluding hydrogens is 334 g/mol. The molecular formula is C23H29N3O. The summed E-state index contributed by atoms with van der Waals surface area (Å²) in [5.41, 5.74) is 3.24. The van der Waals surface area contributed by atoms with Crippen LogP contribution in [0.1, 0.15) is 42.9 Å². The zero-order valence-corrected chi connectivity index (χ0v) is 15.9. The maximum atomic E-state index is 13.3. The van der Waals surface area contributed by atoms with E-state index in [1.54, 1.807) is 0 Å². The summed E-state index contributed by atoms with van der Waals surface area (Å²) < 4.78 is 0. The van der Waals surface area contributed by atoms with Crippen LogP contribution >= 0.6 is 0 Å². The number of para-hydroxylation sites is 1. The number of carbonyl (C=O) groups is 1. The molecule has 2 aliphatic heterocycles. The third kappa shape index (κ3) is 4.40.